The molecule has 17 heavy (non-hydrogen) atoms. The number of aromatic carboxylic acids is 1. The summed E-state index contributed by atoms with van der Waals surface area (Å²) in [6.07, 6.45) is 1.68. The number of benzene rings is 2. The fraction of sp³-hybridized carbons (Fsp3) is 0. The van der Waals surface area contributed by atoms with Crippen molar-refractivity contribution >= 4 is 12.0 Å². The Morgan fingerprint density at radius 2 is 1.76 bits per heavy atom. The molecule has 0 spiro atoms. The Bertz CT molecular complexity index is 556. The first-order valence-electron chi connectivity index (χ1n) is 5.28. The summed E-state index contributed by atoms with van der Waals surface area (Å²) in [5.41, 5.74) is 2.74. The van der Waals surface area contributed by atoms with Crippen LogP contribution in [-0.4, -0.2) is 11.1 Å². The summed E-state index contributed by atoms with van der Waals surface area (Å²) >= 11 is 0. The van der Waals surface area contributed by atoms with Gasteiger partial charge in [0.2, 0.25) is 0 Å². The van der Waals surface area contributed by atoms with Crippen LogP contribution in [0, 0.1) is 0 Å². The smallest absolute Gasteiger partial charge is 0.336 e. The van der Waals surface area contributed by atoms with Crippen LogP contribution in [0.25, 0.3) is 17.2 Å². The van der Waals surface area contributed by atoms with Crippen LogP contribution >= 0.6 is 0 Å². The zero-order valence-electron chi connectivity index (χ0n) is 9.26. The standard InChI is InChI=1S/C15H12O2/c1-2-11-9-6-10-13(15(16)17)14(11)12-7-4-3-5-8-12/h2-10H,1H2,(H,16,17). The lowest BCUT2D eigenvalue weighted by molar-refractivity contribution is 0.0697. The highest BCUT2D eigenvalue weighted by Crippen LogP contribution is 2.28. The van der Waals surface area contributed by atoms with Crippen LogP contribution in [-0.2, 0) is 0 Å². The third kappa shape index (κ3) is 2.11. The zero-order chi connectivity index (χ0) is 12.3. The molecule has 0 amide bonds. The summed E-state index contributed by atoms with van der Waals surface area (Å²) in [5, 5.41) is 9.21. The summed E-state index contributed by atoms with van der Waals surface area (Å²) in [6, 6.07) is 14.7. The Morgan fingerprint density at radius 3 is 2.35 bits per heavy atom. The molecule has 0 heterocycles. The topological polar surface area (TPSA) is 37.3 Å². The average Bonchev–Trinajstić information content (AvgIpc) is 2.38. The maximum Gasteiger partial charge on any atom is 0.336 e. The van der Waals surface area contributed by atoms with E-state index in [2.05, 4.69) is 6.58 Å². The summed E-state index contributed by atoms with van der Waals surface area (Å²) < 4.78 is 0. The normalized spacial score (nSPS) is 9.88. The maximum atomic E-state index is 11.2. The van der Waals surface area contributed by atoms with Crippen LogP contribution in [0.4, 0.5) is 0 Å². The number of hydrogen-bond donors (Lipinski definition) is 1. The van der Waals surface area contributed by atoms with Crippen molar-refractivity contribution in [2.75, 3.05) is 0 Å². The second-order valence-electron chi connectivity index (χ2n) is 3.65. The van der Waals surface area contributed by atoms with Crippen molar-refractivity contribution < 1.29 is 9.90 Å². The van der Waals surface area contributed by atoms with Crippen LogP contribution in [0.1, 0.15) is 15.9 Å². The van der Waals surface area contributed by atoms with Gasteiger partial charge in [-0.1, -0.05) is 55.1 Å². The number of carboxylic acids is 1. The van der Waals surface area contributed by atoms with Gasteiger partial charge in [0.15, 0.2) is 0 Å². The Morgan fingerprint density at radius 1 is 1.06 bits per heavy atom. The number of carboxylic acid groups (broad SMARTS) is 1. The van der Waals surface area contributed by atoms with E-state index in [1.807, 2.05) is 36.4 Å². The van der Waals surface area contributed by atoms with E-state index in [1.54, 1.807) is 18.2 Å². The van der Waals surface area contributed by atoms with Crippen LogP contribution in [0.3, 0.4) is 0 Å². The van der Waals surface area contributed by atoms with Gasteiger partial charge in [0.05, 0.1) is 5.56 Å². The fourth-order valence-corrected chi connectivity index (χ4v) is 1.85. The molecule has 0 radical (unpaired) electrons. The Labute approximate surface area is 99.8 Å². The van der Waals surface area contributed by atoms with E-state index in [9.17, 15) is 9.90 Å². The first kappa shape index (κ1) is 11.1. The third-order valence-electron chi connectivity index (χ3n) is 2.61. The zero-order valence-corrected chi connectivity index (χ0v) is 9.26. The molecule has 2 aromatic carbocycles. The van der Waals surface area contributed by atoms with E-state index in [0.717, 1.165) is 16.7 Å². The van der Waals surface area contributed by atoms with Gasteiger partial charge in [-0.3, -0.25) is 0 Å². The first-order valence-corrected chi connectivity index (χ1v) is 5.28. The number of hydrogen-bond acceptors (Lipinski definition) is 1. The van der Waals surface area contributed by atoms with E-state index < -0.39 is 5.97 Å². The molecule has 0 aliphatic rings. The molecule has 0 fully saturated rings. The largest absolute Gasteiger partial charge is 0.478 e. The molecule has 0 aromatic heterocycles. The highest BCUT2D eigenvalue weighted by Gasteiger charge is 2.13. The summed E-state index contributed by atoms with van der Waals surface area (Å²) in [7, 11) is 0. The molecule has 2 aromatic rings. The first-order chi connectivity index (χ1) is 8.24. The van der Waals surface area contributed by atoms with Crippen molar-refractivity contribution in [3.05, 3.63) is 66.2 Å². The lowest BCUT2D eigenvalue weighted by Crippen LogP contribution is -2.00. The highest BCUT2D eigenvalue weighted by atomic mass is 16.4. The van der Waals surface area contributed by atoms with Crippen molar-refractivity contribution in [3.8, 4) is 11.1 Å². The van der Waals surface area contributed by atoms with Gasteiger partial charge in [0, 0.05) is 5.56 Å². The quantitative estimate of drug-likeness (QED) is 0.863. The van der Waals surface area contributed by atoms with E-state index in [-0.39, 0.29) is 0 Å². The highest BCUT2D eigenvalue weighted by molar-refractivity contribution is 5.98. The number of carbonyl (C=O) groups is 1. The molecule has 2 heteroatoms. The molecule has 0 aliphatic carbocycles. The van der Waals surface area contributed by atoms with Gasteiger partial charge < -0.3 is 5.11 Å². The molecular weight excluding hydrogens is 212 g/mol. The summed E-state index contributed by atoms with van der Waals surface area (Å²) in [5.74, 6) is -0.924. The molecule has 0 atom stereocenters. The molecular formula is C15H12O2. The molecule has 0 aliphatic heterocycles. The Balaban J connectivity index is 2.73. The SMILES string of the molecule is C=Cc1cccc(C(=O)O)c1-c1ccccc1. The third-order valence-corrected chi connectivity index (χ3v) is 2.61. The van der Waals surface area contributed by atoms with Gasteiger partial charge in [0.1, 0.15) is 0 Å². The van der Waals surface area contributed by atoms with Gasteiger partial charge in [-0.2, -0.15) is 0 Å². The van der Waals surface area contributed by atoms with E-state index in [1.165, 1.54) is 0 Å². The van der Waals surface area contributed by atoms with E-state index in [0.29, 0.717) is 5.56 Å². The molecule has 0 saturated heterocycles. The van der Waals surface area contributed by atoms with Gasteiger partial charge in [-0.05, 0) is 17.2 Å². The lowest BCUT2D eigenvalue weighted by Gasteiger charge is -2.10. The second-order valence-corrected chi connectivity index (χ2v) is 3.65. The predicted octanol–water partition coefficient (Wildman–Crippen LogP) is 3.69. The van der Waals surface area contributed by atoms with Gasteiger partial charge in [0.25, 0.3) is 0 Å². The van der Waals surface area contributed by atoms with Crippen molar-refractivity contribution in [1.29, 1.82) is 0 Å². The predicted molar refractivity (Wildman–Crippen MR) is 68.9 cm³/mol. The van der Waals surface area contributed by atoms with E-state index in [4.69, 9.17) is 0 Å². The molecule has 2 nitrogen and oxygen atoms in total. The fourth-order valence-electron chi connectivity index (χ4n) is 1.85. The minimum Gasteiger partial charge on any atom is -0.478 e. The minimum absolute atomic E-state index is 0.300. The molecule has 0 unspecified atom stereocenters. The molecule has 2 rings (SSSR count). The van der Waals surface area contributed by atoms with Crippen molar-refractivity contribution in [1.82, 2.24) is 0 Å². The van der Waals surface area contributed by atoms with Crippen LogP contribution < -0.4 is 0 Å². The van der Waals surface area contributed by atoms with Crippen LogP contribution in [0.2, 0.25) is 0 Å². The molecule has 1 N–H and O–H groups in total. The summed E-state index contributed by atoms with van der Waals surface area (Å²) in [4.78, 5) is 11.2. The second kappa shape index (κ2) is 4.66. The van der Waals surface area contributed by atoms with Crippen molar-refractivity contribution in [3.63, 3.8) is 0 Å². The molecule has 84 valence electrons. The lowest BCUT2D eigenvalue weighted by atomic mass is 9.94. The Hall–Kier alpha value is -2.35. The van der Waals surface area contributed by atoms with Crippen molar-refractivity contribution in [2.45, 2.75) is 0 Å². The average molecular weight is 224 g/mol. The maximum absolute atomic E-state index is 11.2. The number of rotatable bonds is 3. The van der Waals surface area contributed by atoms with Gasteiger partial charge >= 0.3 is 5.97 Å². The van der Waals surface area contributed by atoms with E-state index >= 15 is 0 Å². The van der Waals surface area contributed by atoms with Crippen LogP contribution in [0.15, 0.2) is 55.1 Å². The molecule has 0 saturated carbocycles. The molecule has 0 bridgehead atoms. The van der Waals surface area contributed by atoms with Gasteiger partial charge in [-0.25, -0.2) is 4.79 Å². The summed E-state index contributed by atoms with van der Waals surface area (Å²) in [6.45, 7) is 3.72. The van der Waals surface area contributed by atoms with Crippen LogP contribution in [0.5, 0.6) is 0 Å². The monoisotopic (exact) mass is 224 g/mol. The van der Waals surface area contributed by atoms with Crippen molar-refractivity contribution in [2.24, 2.45) is 0 Å². The van der Waals surface area contributed by atoms with Gasteiger partial charge in [-0.15, -0.1) is 0 Å². The Kier molecular flexibility index (Phi) is 3.06. The minimum atomic E-state index is -0.924.